The first kappa shape index (κ1) is 12.6. The second-order valence-electron chi connectivity index (χ2n) is 5.39. The molecule has 0 aliphatic rings. The molecule has 0 radical (unpaired) electrons. The Balaban J connectivity index is 2.27. The van der Waals surface area contributed by atoms with E-state index in [-0.39, 0.29) is 12.4 Å². The van der Waals surface area contributed by atoms with Gasteiger partial charge in [-0.05, 0) is 45.4 Å². The van der Waals surface area contributed by atoms with Crippen LogP contribution >= 0.6 is 0 Å². The first-order chi connectivity index (χ1) is 8.37. The number of aromatic amines is 1. The van der Waals surface area contributed by atoms with Crippen molar-refractivity contribution in [2.45, 2.75) is 39.7 Å². The lowest BCUT2D eigenvalue weighted by molar-refractivity contribution is -0.153. The molecule has 0 bridgehead atoms. The summed E-state index contributed by atoms with van der Waals surface area (Å²) in [5.41, 5.74) is 2.30. The van der Waals surface area contributed by atoms with E-state index in [1.165, 1.54) is 0 Å². The summed E-state index contributed by atoms with van der Waals surface area (Å²) in [4.78, 5) is 19.3. The average Bonchev–Trinajstić information content (AvgIpc) is 2.53. The highest BCUT2D eigenvalue weighted by Gasteiger charge is 2.19. The van der Waals surface area contributed by atoms with Crippen molar-refractivity contribution in [3.63, 3.8) is 0 Å². The summed E-state index contributed by atoms with van der Waals surface area (Å²) in [6, 6.07) is 3.83. The maximum atomic E-state index is 11.9. The van der Waals surface area contributed by atoms with Crippen LogP contribution in [0.15, 0.2) is 18.3 Å². The lowest BCUT2D eigenvalue weighted by Gasteiger charge is -2.19. The van der Waals surface area contributed by atoms with Crippen LogP contribution in [0.1, 0.15) is 32.0 Å². The zero-order valence-corrected chi connectivity index (χ0v) is 11.2. The Hall–Kier alpha value is -1.84. The van der Waals surface area contributed by atoms with Crippen molar-refractivity contribution in [1.29, 1.82) is 0 Å². The fourth-order valence-corrected chi connectivity index (χ4v) is 1.95. The van der Waals surface area contributed by atoms with Crippen LogP contribution in [0.3, 0.4) is 0 Å². The van der Waals surface area contributed by atoms with E-state index in [0.717, 1.165) is 22.3 Å². The van der Waals surface area contributed by atoms with Gasteiger partial charge in [0.25, 0.3) is 0 Å². The van der Waals surface area contributed by atoms with Crippen molar-refractivity contribution in [3.8, 4) is 0 Å². The van der Waals surface area contributed by atoms with Crippen LogP contribution < -0.4 is 0 Å². The Kier molecular flexibility index (Phi) is 3.11. The Morgan fingerprint density at radius 1 is 1.44 bits per heavy atom. The second kappa shape index (κ2) is 4.44. The molecule has 2 aromatic rings. The zero-order chi connectivity index (χ0) is 13.3. The summed E-state index contributed by atoms with van der Waals surface area (Å²) in [6.45, 7) is 7.55. The lowest BCUT2D eigenvalue weighted by atomic mass is 10.1. The van der Waals surface area contributed by atoms with Crippen LogP contribution in [0, 0.1) is 6.92 Å². The SMILES string of the molecule is Cc1[nH]c2ncccc2c1CC(=O)OC(C)(C)C. The quantitative estimate of drug-likeness (QED) is 0.829. The molecule has 0 saturated heterocycles. The number of carbonyl (C=O) groups is 1. The van der Waals surface area contributed by atoms with E-state index in [2.05, 4.69) is 9.97 Å². The molecule has 0 atom stereocenters. The minimum absolute atomic E-state index is 0.213. The number of nitrogens with zero attached hydrogens (tertiary/aromatic N) is 1. The summed E-state index contributed by atoms with van der Waals surface area (Å²) in [6.07, 6.45) is 2.00. The molecular formula is C14H18N2O2. The van der Waals surface area contributed by atoms with Crippen LogP contribution in [0.4, 0.5) is 0 Å². The van der Waals surface area contributed by atoms with Crippen molar-refractivity contribution in [2.24, 2.45) is 0 Å². The number of hydrogen-bond acceptors (Lipinski definition) is 3. The second-order valence-corrected chi connectivity index (χ2v) is 5.39. The Morgan fingerprint density at radius 2 is 2.17 bits per heavy atom. The third kappa shape index (κ3) is 2.70. The molecule has 2 aromatic heterocycles. The third-order valence-electron chi connectivity index (χ3n) is 2.63. The number of nitrogens with one attached hydrogen (secondary N) is 1. The van der Waals surface area contributed by atoms with Gasteiger partial charge in [-0.15, -0.1) is 0 Å². The minimum Gasteiger partial charge on any atom is -0.460 e. The molecule has 0 unspecified atom stereocenters. The van der Waals surface area contributed by atoms with Crippen LogP contribution in [0.2, 0.25) is 0 Å². The van der Waals surface area contributed by atoms with E-state index >= 15 is 0 Å². The number of rotatable bonds is 2. The van der Waals surface area contributed by atoms with Crippen molar-refractivity contribution in [3.05, 3.63) is 29.6 Å². The standard InChI is InChI=1S/C14H18N2O2/c1-9-11(8-12(17)18-14(2,3)4)10-6-5-7-15-13(10)16-9/h5-7H,8H2,1-4H3,(H,15,16). The molecular weight excluding hydrogens is 228 g/mol. The Morgan fingerprint density at radius 3 is 2.83 bits per heavy atom. The lowest BCUT2D eigenvalue weighted by Crippen LogP contribution is -2.25. The molecule has 0 amide bonds. The van der Waals surface area contributed by atoms with Crippen LogP contribution in [0.25, 0.3) is 11.0 Å². The number of pyridine rings is 1. The van der Waals surface area contributed by atoms with Crippen molar-refractivity contribution in [2.75, 3.05) is 0 Å². The highest BCUT2D eigenvalue weighted by Crippen LogP contribution is 2.21. The van der Waals surface area contributed by atoms with Crippen molar-refractivity contribution >= 4 is 17.0 Å². The Labute approximate surface area is 106 Å². The third-order valence-corrected chi connectivity index (χ3v) is 2.63. The van der Waals surface area contributed by atoms with E-state index < -0.39 is 5.60 Å². The molecule has 4 nitrogen and oxygen atoms in total. The fourth-order valence-electron chi connectivity index (χ4n) is 1.95. The number of esters is 1. The molecule has 2 heterocycles. The summed E-state index contributed by atoms with van der Waals surface area (Å²) in [5.74, 6) is -0.213. The zero-order valence-electron chi connectivity index (χ0n) is 11.2. The van der Waals surface area contributed by atoms with Gasteiger partial charge in [-0.2, -0.15) is 0 Å². The molecule has 0 saturated carbocycles. The van der Waals surface area contributed by atoms with Gasteiger partial charge >= 0.3 is 5.97 Å². The molecule has 18 heavy (non-hydrogen) atoms. The summed E-state index contributed by atoms with van der Waals surface area (Å²) < 4.78 is 5.34. The number of hydrogen-bond donors (Lipinski definition) is 1. The van der Waals surface area contributed by atoms with E-state index in [9.17, 15) is 4.79 Å². The van der Waals surface area contributed by atoms with Crippen molar-refractivity contribution in [1.82, 2.24) is 9.97 Å². The molecule has 0 fully saturated rings. The number of H-pyrrole nitrogens is 1. The van der Waals surface area contributed by atoms with Gasteiger partial charge in [0, 0.05) is 17.3 Å². The van der Waals surface area contributed by atoms with Crippen LogP contribution in [-0.2, 0) is 16.0 Å². The average molecular weight is 246 g/mol. The molecule has 0 aromatic carbocycles. The molecule has 0 spiro atoms. The molecule has 4 heteroatoms. The predicted octanol–water partition coefficient (Wildman–Crippen LogP) is 2.76. The first-order valence-corrected chi connectivity index (χ1v) is 6.01. The normalized spacial score (nSPS) is 11.8. The van der Waals surface area contributed by atoms with Crippen molar-refractivity contribution < 1.29 is 9.53 Å². The van der Waals surface area contributed by atoms with Gasteiger partial charge in [0.15, 0.2) is 0 Å². The molecule has 1 N–H and O–H groups in total. The van der Waals surface area contributed by atoms with E-state index in [1.54, 1.807) is 6.20 Å². The van der Waals surface area contributed by atoms with Gasteiger partial charge in [0.05, 0.1) is 6.42 Å². The number of ether oxygens (including phenoxy) is 1. The number of fused-ring (bicyclic) bond motifs is 1. The smallest absolute Gasteiger partial charge is 0.310 e. The fraction of sp³-hybridized carbons (Fsp3) is 0.429. The van der Waals surface area contributed by atoms with Crippen LogP contribution in [-0.4, -0.2) is 21.5 Å². The maximum absolute atomic E-state index is 11.9. The number of aryl methyl sites for hydroxylation is 1. The maximum Gasteiger partial charge on any atom is 0.310 e. The number of carbonyl (C=O) groups excluding carboxylic acids is 1. The minimum atomic E-state index is -0.449. The largest absolute Gasteiger partial charge is 0.460 e. The van der Waals surface area contributed by atoms with Gasteiger partial charge in [-0.1, -0.05) is 0 Å². The van der Waals surface area contributed by atoms with Crippen LogP contribution in [0.5, 0.6) is 0 Å². The van der Waals surface area contributed by atoms with Gasteiger partial charge < -0.3 is 9.72 Å². The molecule has 2 rings (SSSR count). The van der Waals surface area contributed by atoms with Gasteiger partial charge in [-0.3, -0.25) is 4.79 Å². The summed E-state index contributed by atoms with van der Waals surface area (Å²) in [7, 11) is 0. The molecule has 0 aliphatic heterocycles. The number of aromatic nitrogens is 2. The topological polar surface area (TPSA) is 55.0 Å². The monoisotopic (exact) mass is 246 g/mol. The highest BCUT2D eigenvalue weighted by molar-refractivity contribution is 5.86. The predicted molar refractivity (Wildman–Crippen MR) is 70.4 cm³/mol. The molecule has 0 aliphatic carbocycles. The van der Waals surface area contributed by atoms with Gasteiger partial charge in [0.1, 0.15) is 11.2 Å². The van der Waals surface area contributed by atoms with Gasteiger partial charge in [-0.25, -0.2) is 4.98 Å². The first-order valence-electron chi connectivity index (χ1n) is 6.01. The van der Waals surface area contributed by atoms with E-state index in [1.807, 2.05) is 39.8 Å². The summed E-state index contributed by atoms with van der Waals surface area (Å²) in [5, 5.41) is 0.987. The van der Waals surface area contributed by atoms with E-state index in [4.69, 9.17) is 4.74 Å². The summed E-state index contributed by atoms with van der Waals surface area (Å²) >= 11 is 0. The van der Waals surface area contributed by atoms with E-state index in [0.29, 0.717) is 0 Å². The van der Waals surface area contributed by atoms with Gasteiger partial charge in [0.2, 0.25) is 0 Å². The molecule has 96 valence electrons. The Bertz CT molecular complexity index is 579. The highest BCUT2D eigenvalue weighted by atomic mass is 16.6.